The minimum atomic E-state index is -3.45. The van der Waals surface area contributed by atoms with Crippen LogP contribution in [0.15, 0.2) is 70.6 Å². The van der Waals surface area contributed by atoms with Crippen LogP contribution >= 0.6 is 24.0 Å². The first-order valence-electron chi connectivity index (χ1n) is 9.83. The summed E-state index contributed by atoms with van der Waals surface area (Å²) in [7, 11) is -2.04. The number of hydrogen-bond donors (Lipinski definition) is 2. The van der Waals surface area contributed by atoms with Crippen LogP contribution in [0.25, 0.3) is 5.57 Å². The maximum Gasteiger partial charge on any atom is 0.240 e. The third-order valence-corrected chi connectivity index (χ3v) is 6.29. The summed E-state index contributed by atoms with van der Waals surface area (Å²) in [6.45, 7) is 4.93. The van der Waals surface area contributed by atoms with E-state index < -0.39 is 10.0 Å². The molecule has 1 aliphatic rings. The molecule has 0 aliphatic carbocycles. The molecule has 30 heavy (non-hydrogen) atoms. The number of aliphatic imine (C=N–C) groups is 1. The SMILES string of the molecule is CCNC(=NCc1cccc(S(=O)(=O)NC)c1)N1CC=C(c2ccccc2)CC1.I. The highest BCUT2D eigenvalue weighted by Gasteiger charge is 2.16. The fourth-order valence-corrected chi connectivity index (χ4v) is 4.10. The quantitative estimate of drug-likeness (QED) is 0.335. The van der Waals surface area contributed by atoms with E-state index in [1.807, 2.05) is 19.1 Å². The van der Waals surface area contributed by atoms with E-state index >= 15 is 0 Å². The maximum atomic E-state index is 12.0. The van der Waals surface area contributed by atoms with Crippen molar-refractivity contribution in [1.82, 2.24) is 14.9 Å². The second kappa shape index (κ2) is 11.5. The van der Waals surface area contributed by atoms with Gasteiger partial charge in [-0.2, -0.15) is 0 Å². The smallest absolute Gasteiger partial charge is 0.240 e. The molecule has 1 aliphatic heterocycles. The van der Waals surface area contributed by atoms with Gasteiger partial charge in [-0.3, -0.25) is 0 Å². The van der Waals surface area contributed by atoms with Crippen LogP contribution < -0.4 is 10.0 Å². The summed E-state index contributed by atoms with van der Waals surface area (Å²) in [6, 6.07) is 17.4. The van der Waals surface area contributed by atoms with Crippen LogP contribution in [0.1, 0.15) is 24.5 Å². The van der Waals surface area contributed by atoms with E-state index in [-0.39, 0.29) is 28.9 Å². The van der Waals surface area contributed by atoms with Gasteiger partial charge >= 0.3 is 0 Å². The monoisotopic (exact) mass is 540 g/mol. The zero-order chi connectivity index (χ0) is 20.7. The maximum absolute atomic E-state index is 12.0. The van der Waals surface area contributed by atoms with Crippen molar-refractivity contribution in [3.8, 4) is 0 Å². The Balaban J connectivity index is 0.00000320. The second-order valence-corrected chi connectivity index (χ2v) is 8.70. The van der Waals surface area contributed by atoms with Crippen molar-refractivity contribution in [1.29, 1.82) is 0 Å². The average Bonchev–Trinajstić information content (AvgIpc) is 2.77. The molecule has 3 rings (SSSR count). The Labute approximate surface area is 196 Å². The topological polar surface area (TPSA) is 73.8 Å². The predicted octanol–water partition coefficient (Wildman–Crippen LogP) is 3.47. The van der Waals surface area contributed by atoms with Crippen LogP contribution in [0.4, 0.5) is 0 Å². The molecule has 2 aromatic rings. The molecule has 0 unspecified atom stereocenters. The van der Waals surface area contributed by atoms with E-state index in [0.29, 0.717) is 6.54 Å². The minimum Gasteiger partial charge on any atom is -0.356 e. The van der Waals surface area contributed by atoms with Gasteiger partial charge in [0.2, 0.25) is 10.0 Å². The van der Waals surface area contributed by atoms with Crippen molar-refractivity contribution in [3.05, 3.63) is 71.8 Å². The van der Waals surface area contributed by atoms with Crippen LogP contribution in [0, 0.1) is 0 Å². The molecule has 0 aromatic heterocycles. The number of nitrogens with zero attached hydrogens (tertiary/aromatic N) is 2. The first kappa shape index (κ1) is 24.4. The third kappa shape index (κ3) is 6.29. The molecule has 162 valence electrons. The van der Waals surface area contributed by atoms with E-state index in [9.17, 15) is 8.42 Å². The Bertz CT molecular complexity index is 991. The van der Waals surface area contributed by atoms with Crippen LogP contribution in [0.2, 0.25) is 0 Å². The van der Waals surface area contributed by atoms with Gasteiger partial charge in [0.15, 0.2) is 5.96 Å². The molecule has 6 nitrogen and oxygen atoms in total. The van der Waals surface area contributed by atoms with Crippen LogP contribution in [0.3, 0.4) is 0 Å². The van der Waals surface area contributed by atoms with Gasteiger partial charge in [-0.15, -0.1) is 24.0 Å². The summed E-state index contributed by atoms with van der Waals surface area (Å²) in [5, 5.41) is 3.35. The molecule has 2 aromatic carbocycles. The summed E-state index contributed by atoms with van der Waals surface area (Å²) >= 11 is 0. The van der Waals surface area contributed by atoms with Crippen molar-refractivity contribution < 1.29 is 8.42 Å². The first-order chi connectivity index (χ1) is 14.0. The lowest BCUT2D eigenvalue weighted by molar-refractivity contribution is 0.440. The minimum absolute atomic E-state index is 0. The van der Waals surface area contributed by atoms with Crippen LogP contribution in [-0.2, 0) is 16.6 Å². The molecule has 0 saturated heterocycles. The third-order valence-electron chi connectivity index (χ3n) is 4.88. The van der Waals surface area contributed by atoms with Gasteiger partial charge in [0.05, 0.1) is 11.4 Å². The van der Waals surface area contributed by atoms with E-state index in [0.717, 1.165) is 37.6 Å². The highest BCUT2D eigenvalue weighted by molar-refractivity contribution is 14.0. The Hall–Kier alpha value is -1.91. The summed E-state index contributed by atoms with van der Waals surface area (Å²) in [5.74, 6) is 0.845. The highest BCUT2D eigenvalue weighted by atomic mass is 127. The molecular formula is C22H29IN4O2S. The number of rotatable bonds is 6. The lowest BCUT2D eigenvalue weighted by Gasteiger charge is -2.30. The molecule has 8 heteroatoms. The Kier molecular flexibility index (Phi) is 9.32. The molecule has 2 N–H and O–H groups in total. The fraction of sp³-hybridized carbons (Fsp3) is 0.318. The predicted molar refractivity (Wildman–Crippen MR) is 134 cm³/mol. The van der Waals surface area contributed by atoms with Gasteiger partial charge in [-0.1, -0.05) is 48.5 Å². The molecule has 1 heterocycles. The summed E-state index contributed by atoms with van der Waals surface area (Å²) in [6.07, 6.45) is 3.22. The molecule has 0 atom stereocenters. The average molecular weight is 540 g/mol. The zero-order valence-corrected chi connectivity index (χ0v) is 20.5. The van der Waals surface area contributed by atoms with Crippen molar-refractivity contribution in [2.24, 2.45) is 4.99 Å². The Morgan fingerprint density at radius 1 is 1.13 bits per heavy atom. The number of halogens is 1. The number of guanidine groups is 1. The zero-order valence-electron chi connectivity index (χ0n) is 17.3. The standard InChI is InChI=1S/C22H28N4O2S.HI/c1-3-24-22(25-17-18-8-7-11-21(16-18)29(27,28)23-2)26-14-12-20(13-15-26)19-9-5-4-6-10-19;/h4-12,16,23H,3,13-15,17H2,1-2H3,(H,24,25);1H. The normalized spacial score (nSPS) is 14.7. The molecule has 0 spiro atoms. The lowest BCUT2D eigenvalue weighted by atomic mass is 10.00. The van der Waals surface area contributed by atoms with E-state index in [4.69, 9.17) is 4.99 Å². The van der Waals surface area contributed by atoms with Gasteiger partial charge in [0.25, 0.3) is 0 Å². The van der Waals surface area contributed by atoms with E-state index in [1.165, 1.54) is 18.2 Å². The van der Waals surface area contributed by atoms with Crippen molar-refractivity contribution >= 4 is 45.5 Å². The largest absolute Gasteiger partial charge is 0.356 e. The summed E-state index contributed by atoms with van der Waals surface area (Å²) < 4.78 is 26.4. The van der Waals surface area contributed by atoms with Gasteiger partial charge in [-0.05, 0) is 49.2 Å². The van der Waals surface area contributed by atoms with Crippen LogP contribution in [0.5, 0.6) is 0 Å². The number of sulfonamides is 1. The van der Waals surface area contributed by atoms with Gasteiger partial charge in [0, 0.05) is 19.6 Å². The van der Waals surface area contributed by atoms with Crippen molar-refractivity contribution in [3.63, 3.8) is 0 Å². The van der Waals surface area contributed by atoms with Gasteiger partial charge < -0.3 is 10.2 Å². The molecular weight excluding hydrogens is 511 g/mol. The molecule has 0 radical (unpaired) electrons. The lowest BCUT2D eigenvalue weighted by Crippen LogP contribution is -2.43. The Morgan fingerprint density at radius 3 is 2.53 bits per heavy atom. The second-order valence-electron chi connectivity index (χ2n) is 6.82. The van der Waals surface area contributed by atoms with Crippen molar-refractivity contribution in [2.75, 3.05) is 26.7 Å². The summed E-state index contributed by atoms with van der Waals surface area (Å²) in [5.41, 5.74) is 3.49. The van der Waals surface area contributed by atoms with E-state index in [1.54, 1.807) is 18.2 Å². The summed E-state index contributed by atoms with van der Waals surface area (Å²) in [4.78, 5) is 7.22. The molecule has 0 bridgehead atoms. The highest BCUT2D eigenvalue weighted by Crippen LogP contribution is 2.22. The molecule has 0 saturated carbocycles. The number of hydrogen-bond acceptors (Lipinski definition) is 3. The van der Waals surface area contributed by atoms with Gasteiger partial charge in [-0.25, -0.2) is 18.1 Å². The molecule has 0 amide bonds. The first-order valence-corrected chi connectivity index (χ1v) is 11.3. The van der Waals surface area contributed by atoms with Crippen LogP contribution in [-0.4, -0.2) is 46.0 Å². The Morgan fingerprint density at radius 2 is 1.90 bits per heavy atom. The fourth-order valence-electron chi connectivity index (χ4n) is 3.30. The number of nitrogens with one attached hydrogen (secondary N) is 2. The van der Waals surface area contributed by atoms with E-state index in [2.05, 4.69) is 45.3 Å². The number of benzene rings is 2. The molecule has 0 fully saturated rings. The van der Waals surface area contributed by atoms with Crippen molar-refractivity contribution in [2.45, 2.75) is 24.8 Å². The van der Waals surface area contributed by atoms with Gasteiger partial charge in [0.1, 0.15) is 0 Å².